The lowest BCUT2D eigenvalue weighted by molar-refractivity contribution is -0.170. The Balaban J connectivity index is 1.40. The van der Waals surface area contributed by atoms with Crippen LogP contribution in [0.2, 0.25) is 0 Å². The Morgan fingerprint density at radius 1 is 1.09 bits per heavy atom. The number of nitrogens with zero attached hydrogens (tertiary/aromatic N) is 4. The molecule has 3 aromatic rings. The molecule has 0 spiro atoms. The number of ether oxygens (including phenoxy) is 3. The number of methoxy groups -OCH3 is 1. The maximum Gasteiger partial charge on any atom is 0.418 e. The number of esters is 1. The quantitative estimate of drug-likeness (QED) is 0.322. The number of benzene rings is 2. The van der Waals surface area contributed by atoms with Gasteiger partial charge in [-0.3, -0.25) is 9.59 Å². The van der Waals surface area contributed by atoms with Crippen molar-refractivity contribution in [2.45, 2.75) is 52.0 Å². The van der Waals surface area contributed by atoms with E-state index in [2.05, 4.69) is 5.10 Å². The summed E-state index contributed by atoms with van der Waals surface area (Å²) < 4.78 is 60.7. The number of carbonyl (C=O) groups is 1. The lowest BCUT2D eigenvalue weighted by Crippen LogP contribution is -2.49. The summed E-state index contributed by atoms with van der Waals surface area (Å²) in [5.41, 5.74) is 2.26. The van der Waals surface area contributed by atoms with Crippen LogP contribution in [0.15, 0.2) is 41.2 Å². The third-order valence-corrected chi connectivity index (χ3v) is 8.65. The first-order chi connectivity index (χ1) is 21.5. The summed E-state index contributed by atoms with van der Waals surface area (Å²) in [6, 6.07) is 9.61. The molecule has 12 heteroatoms. The fourth-order valence-electron chi connectivity index (χ4n) is 6.46. The van der Waals surface area contributed by atoms with Gasteiger partial charge in [0, 0.05) is 49.0 Å². The zero-order valence-corrected chi connectivity index (χ0v) is 25.7. The molecule has 2 saturated heterocycles. The first-order valence-corrected chi connectivity index (χ1v) is 15.3. The predicted octanol–water partition coefficient (Wildman–Crippen LogP) is 5.05. The monoisotopic (exact) mass is 626 g/mol. The highest BCUT2D eigenvalue weighted by Crippen LogP contribution is 2.39. The van der Waals surface area contributed by atoms with Gasteiger partial charge < -0.3 is 24.0 Å². The maximum absolute atomic E-state index is 14.5. The average molecular weight is 627 g/mol. The molecule has 0 radical (unpaired) electrons. The molecule has 3 aliphatic heterocycles. The SMILES string of the molecule is COC(=O)CN1CCc2c(-c3cc(C)cc(C)c3)nn(-c3cc(N4CC(COC5CCCCO5)C4)ccc3C(F)(F)F)c(=O)c21. The molecular weight excluding hydrogens is 589 g/mol. The van der Waals surface area contributed by atoms with Gasteiger partial charge in [-0.05, 0) is 69.9 Å². The number of alkyl halides is 3. The molecular formula is C33H37F3N4O5. The summed E-state index contributed by atoms with van der Waals surface area (Å²) >= 11 is 0. The lowest BCUT2D eigenvalue weighted by Gasteiger charge is -2.41. The number of fused-ring (bicyclic) bond motifs is 1. The molecule has 2 aromatic carbocycles. The second kappa shape index (κ2) is 12.5. The fourth-order valence-corrected chi connectivity index (χ4v) is 6.46. The van der Waals surface area contributed by atoms with Crippen LogP contribution in [0, 0.1) is 19.8 Å². The molecule has 0 amide bonds. The van der Waals surface area contributed by atoms with Gasteiger partial charge in [0.25, 0.3) is 5.56 Å². The topological polar surface area (TPSA) is 86.1 Å². The lowest BCUT2D eigenvalue weighted by atomic mass is 9.99. The standard InChI is InChI=1S/C33H37F3N4O5/c1-20-12-21(2)14-23(13-20)30-25-9-10-38(18-28(41)43-3)31(25)32(42)40(37-30)27-15-24(7-8-26(27)33(34,35)36)39-16-22(17-39)19-45-29-6-4-5-11-44-29/h7-8,12-15,22,29H,4-6,9-11,16-19H2,1-3H3. The van der Waals surface area contributed by atoms with Crippen molar-refractivity contribution in [3.8, 4) is 16.9 Å². The van der Waals surface area contributed by atoms with Crippen molar-refractivity contribution in [3.05, 3.63) is 69.0 Å². The zero-order valence-electron chi connectivity index (χ0n) is 25.7. The third kappa shape index (κ3) is 6.44. The van der Waals surface area contributed by atoms with Crippen LogP contribution in [0.1, 0.15) is 41.5 Å². The van der Waals surface area contributed by atoms with E-state index in [0.717, 1.165) is 41.1 Å². The number of halogens is 3. The minimum Gasteiger partial charge on any atom is -0.468 e. The van der Waals surface area contributed by atoms with Gasteiger partial charge in [0.1, 0.15) is 12.2 Å². The third-order valence-electron chi connectivity index (χ3n) is 8.65. The van der Waals surface area contributed by atoms with E-state index >= 15 is 0 Å². The van der Waals surface area contributed by atoms with Crippen LogP contribution in [0.25, 0.3) is 16.9 Å². The second-order valence-electron chi connectivity index (χ2n) is 12.1. The number of rotatable bonds is 8. The van der Waals surface area contributed by atoms with Gasteiger partial charge >= 0.3 is 12.1 Å². The van der Waals surface area contributed by atoms with Gasteiger partial charge in [-0.25, -0.2) is 0 Å². The van der Waals surface area contributed by atoms with Gasteiger partial charge in [0.2, 0.25) is 0 Å². The molecule has 240 valence electrons. The van der Waals surface area contributed by atoms with Gasteiger partial charge in [-0.15, -0.1) is 0 Å². The van der Waals surface area contributed by atoms with Crippen molar-refractivity contribution in [2.24, 2.45) is 5.92 Å². The van der Waals surface area contributed by atoms with Crippen LogP contribution < -0.4 is 15.4 Å². The van der Waals surface area contributed by atoms with E-state index in [1.165, 1.54) is 19.2 Å². The zero-order chi connectivity index (χ0) is 31.9. The molecule has 2 fully saturated rings. The van der Waals surface area contributed by atoms with E-state index in [1.807, 2.05) is 36.9 Å². The highest BCUT2D eigenvalue weighted by Gasteiger charge is 2.38. The van der Waals surface area contributed by atoms with Crippen molar-refractivity contribution < 1.29 is 32.2 Å². The number of aromatic nitrogens is 2. The molecule has 4 heterocycles. The van der Waals surface area contributed by atoms with Gasteiger partial charge in [0.15, 0.2) is 6.29 Å². The number of carbonyl (C=O) groups excluding carboxylic acids is 1. The summed E-state index contributed by atoms with van der Waals surface area (Å²) in [4.78, 5) is 29.9. The maximum atomic E-state index is 14.5. The Morgan fingerprint density at radius 3 is 2.51 bits per heavy atom. The molecule has 0 N–H and O–H groups in total. The fraction of sp³-hybridized carbons (Fsp3) is 0.485. The number of hydrogen-bond donors (Lipinski definition) is 0. The van der Waals surface area contributed by atoms with Gasteiger partial charge in [-0.1, -0.05) is 17.2 Å². The molecule has 45 heavy (non-hydrogen) atoms. The normalized spacial score (nSPS) is 18.6. The summed E-state index contributed by atoms with van der Waals surface area (Å²) in [7, 11) is 1.25. The molecule has 1 unspecified atom stereocenters. The molecule has 1 atom stereocenters. The number of anilines is 2. The van der Waals surface area contributed by atoms with E-state index in [1.54, 1.807) is 4.90 Å². The summed E-state index contributed by atoms with van der Waals surface area (Å²) in [6.07, 6.45) is -1.57. The minimum absolute atomic E-state index is 0.161. The molecule has 0 saturated carbocycles. The van der Waals surface area contributed by atoms with Gasteiger partial charge in [-0.2, -0.15) is 23.0 Å². The smallest absolute Gasteiger partial charge is 0.418 e. The van der Waals surface area contributed by atoms with E-state index in [4.69, 9.17) is 14.2 Å². The van der Waals surface area contributed by atoms with Crippen LogP contribution >= 0.6 is 0 Å². The Labute approximate surface area is 259 Å². The van der Waals surface area contributed by atoms with Gasteiger partial charge in [0.05, 0.1) is 30.7 Å². The molecule has 1 aromatic heterocycles. The molecule has 0 aliphatic carbocycles. The Kier molecular flexibility index (Phi) is 8.62. The molecule has 9 nitrogen and oxygen atoms in total. The van der Waals surface area contributed by atoms with Crippen molar-refractivity contribution in [1.82, 2.24) is 9.78 Å². The van der Waals surface area contributed by atoms with Crippen LogP contribution in [-0.2, 0) is 31.6 Å². The van der Waals surface area contributed by atoms with Crippen LogP contribution in [0.5, 0.6) is 0 Å². The Bertz CT molecular complexity index is 1620. The largest absolute Gasteiger partial charge is 0.468 e. The van der Waals surface area contributed by atoms with E-state index in [9.17, 15) is 22.8 Å². The van der Waals surface area contributed by atoms with E-state index < -0.39 is 23.3 Å². The Hall–Kier alpha value is -3.90. The second-order valence-corrected chi connectivity index (χ2v) is 12.1. The van der Waals surface area contributed by atoms with Crippen LogP contribution in [-0.4, -0.2) is 68.5 Å². The van der Waals surface area contributed by atoms with Crippen molar-refractivity contribution in [3.63, 3.8) is 0 Å². The predicted molar refractivity (Wildman–Crippen MR) is 163 cm³/mol. The van der Waals surface area contributed by atoms with Crippen LogP contribution in [0.4, 0.5) is 24.5 Å². The number of aryl methyl sites for hydroxylation is 2. The van der Waals surface area contributed by atoms with Crippen molar-refractivity contribution >= 4 is 17.3 Å². The molecule has 0 bridgehead atoms. The molecule has 6 rings (SSSR count). The highest BCUT2D eigenvalue weighted by atomic mass is 19.4. The average Bonchev–Trinajstić information content (AvgIpc) is 3.39. The molecule has 3 aliphatic rings. The Morgan fingerprint density at radius 2 is 1.84 bits per heavy atom. The summed E-state index contributed by atoms with van der Waals surface area (Å²) in [5, 5.41) is 4.62. The van der Waals surface area contributed by atoms with Crippen molar-refractivity contribution in [1.29, 1.82) is 0 Å². The highest BCUT2D eigenvalue weighted by molar-refractivity contribution is 5.80. The summed E-state index contributed by atoms with van der Waals surface area (Å²) in [6.45, 7) is 6.38. The van der Waals surface area contributed by atoms with E-state index in [-0.39, 0.29) is 30.1 Å². The van der Waals surface area contributed by atoms with E-state index in [0.29, 0.717) is 61.8 Å². The first-order valence-electron chi connectivity index (χ1n) is 15.3. The number of hydrogen-bond acceptors (Lipinski definition) is 8. The summed E-state index contributed by atoms with van der Waals surface area (Å²) in [5.74, 6) is -0.340. The minimum atomic E-state index is -4.74. The van der Waals surface area contributed by atoms with Crippen molar-refractivity contribution in [2.75, 3.05) is 56.3 Å². The first kappa shape index (κ1) is 31.1. The van der Waals surface area contributed by atoms with Crippen LogP contribution in [0.3, 0.4) is 0 Å².